The molecule has 76 valence electrons. The van der Waals surface area contributed by atoms with Gasteiger partial charge in [0.05, 0.1) is 11.4 Å². The van der Waals surface area contributed by atoms with Gasteiger partial charge in [-0.05, 0) is 24.6 Å². The van der Waals surface area contributed by atoms with Crippen LogP contribution in [0, 0.1) is 6.92 Å². The van der Waals surface area contributed by atoms with Crippen molar-refractivity contribution in [1.29, 1.82) is 0 Å². The van der Waals surface area contributed by atoms with E-state index < -0.39 is 0 Å². The molecule has 2 aromatic rings. The summed E-state index contributed by atoms with van der Waals surface area (Å²) in [7, 11) is 0. The quantitative estimate of drug-likeness (QED) is 0.752. The monoisotopic (exact) mass is 199 g/mol. The topological polar surface area (TPSA) is 51.8 Å². The van der Waals surface area contributed by atoms with Crippen LogP contribution in [0.15, 0.2) is 36.7 Å². The van der Waals surface area contributed by atoms with Gasteiger partial charge in [0.2, 0.25) is 0 Å². The van der Waals surface area contributed by atoms with Crippen molar-refractivity contribution in [3.05, 3.63) is 53.6 Å². The Balaban J connectivity index is 2.15. The van der Waals surface area contributed by atoms with E-state index in [1.54, 1.807) is 6.20 Å². The Morgan fingerprint density at radius 1 is 1.07 bits per heavy atom. The highest BCUT2D eigenvalue weighted by Crippen LogP contribution is 2.09. The highest BCUT2D eigenvalue weighted by atomic mass is 14.8. The number of nitrogens with zero attached hydrogens (tertiary/aromatic N) is 2. The molecule has 2 N–H and O–H groups in total. The van der Waals surface area contributed by atoms with Crippen molar-refractivity contribution < 1.29 is 0 Å². The largest absolute Gasteiger partial charge is 0.399 e. The summed E-state index contributed by atoms with van der Waals surface area (Å²) in [4.78, 5) is 8.51. The molecule has 0 saturated heterocycles. The van der Waals surface area contributed by atoms with Crippen LogP contribution in [0.3, 0.4) is 0 Å². The van der Waals surface area contributed by atoms with Crippen LogP contribution in [0.5, 0.6) is 0 Å². The van der Waals surface area contributed by atoms with Gasteiger partial charge in [0.25, 0.3) is 0 Å². The van der Waals surface area contributed by atoms with E-state index in [9.17, 15) is 0 Å². The molecule has 0 aliphatic rings. The SMILES string of the molecule is Cc1cnc(Cc2ccc(N)cc2)cn1. The second-order valence-corrected chi connectivity index (χ2v) is 3.57. The summed E-state index contributed by atoms with van der Waals surface area (Å²) >= 11 is 0. The van der Waals surface area contributed by atoms with Crippen molar-refractivity contribution in [1.82, 2.24) is 9.97 Å². The van der Waals surface area contributed by atoms with Crippen LogP contribution in [-0.4, -0.2) is 9.97 Å². The maximum atomic E-state index is 5.61. The standard InChI is InChI=1S/C12H13N3/c1-9-7-15-12(8-14-9)6-10-2-4-11(13)5-3-10/h2-5,7-8H,6,13H2,1H3. The van der Waals surface area contributed by atoms with E-state index in [2.05, 4.69) is 9.97 Å². The van der Waals surface area contributed by atoms with E-state index in [1.165, 1.54) is 5.56 Å². The maximum absolute atomic E-state index is 5.61. The third kappa shape index (κ3) is 2.53. The van der Waals surface area contributed by atoms with Crippen molar-refractivity contribution >= 4 is 5.69 Å². The number of hydrogen-bond donors (Lipinski definition) is 1. The van der Waals surface area contributed by atoms with Crippen LogP contribution < -0.4 is 5.73 Å². The molecule has 1 aromatic carbocycles. The van der Waals surface area contributed by atoms with E-state index >= 15 is 0 Å². The summed E-state index contributed by atoms with van der Waals surface area (Å²) in [6.07, 6.45) is 4.39. The van der Waals surface area contributed by atoms with Crippen molar-refractivity contribution in [3.63, 3.8) is 0 Å². The Hall–Kier alpha value is -1.90. The number of benzene rings is 1. The van der Waals surface area contributed by atoms with Crippen LogP contribution in [-0.2, 0) is 6.42 Å². The average Bonchev–Trinajstić information content (AvgIpc) is 2.25. The zero-order valence-corrected chi connectivity index (χ0v) is 8.64. The minimum atomic E-state index is 0.786. The second-order valence-electron chi connectivity index (χ2n) is 3.57. The van der Waals surface area contributed by atoms with Crippen molar-refractivity contribution in [2.24, 2.45) is 0 Å². The molecular weight excluding hydrogens is 186 g/mol. The Labute approximate surface area is 89.0 Å². The van der Waals surface area contributed by atoms with Gasteiger partial charge in [0, 0.05) is 24.5 Å². The molecule has 1 heterocycles. The first-order chi connectivity index (χ1) is 7.24. The highest BCUT2D eigenvalue weighted by molar-refractivity contribution is 5.40. The number of aryl methyl sites for hydroxylation is 1. The summed E-state index contributed by atoms with van der Waals surface area (Å²) in [5, 5.41) is 0. The smallest absolute Gasteiger partial charge is 0.0630 e. The number of hydrogen-bond acceptors (Lipinski definition) is 3. The van der Waals surface area contributed by atoms with Gasteiger partial charge in [-0.15, -0.1) is 0 Å². The Kier molecular flexibility index (Phi) is 2.63. The summed E-state index contributed by atoms with van der Waals surface area (Å²) in [6.45, 7) is 1.93. The van der Waals surface area contributed by atoms with Crippen LogP contribution in [0.1, 0.15) is 17.0 Å². The summed E-state index contributed by atoms with van der Waals surface area (Å²) in [5.74, 6) is 0. The Bertz CT molecular complexity index is 388. The summed E-state index contributed by atoms with van der Waals surface area (Å²) in [5.41, 5.74) is 9.51. The predicted octanol–water partition coefficient (Wildman–Crippen LogP) is 1.96. The van der Waals surface area contributed by atoms with E-state index in [0.29, 0.717) is 0 Å². The molecule has 15 heavy (non-hydrogen) atoms. The average molecular weight is 199 g/mol. The minimum Gasteiger partial charge on any atom is -0.399 e. The highest BCUT2D eigenvalue weighted by Gasteiger charge is 1.97. The van der Waals surface area contributed by atoms with Crippen molar-refractivity contribution in [2.45, 2.75) is 13.3 Å². The molecular formula is C12H13N3. The van der Waals surface area contributed by atoms with E-state index in [-0.39, 0.29) is 0 Å². The first-order valence-corrected chi connectivity index (χ1v) is 4.86. The van der Waals surface area contributed by atoms with Crippen molar-refractivity contribution in [3.8, 4) is 0 Å². The van der Waals surface area contributed by atoms with Crippen LogP contribution in [0.4, 0.5) is 5.69 Å². The number of nitrogen functional groups attached to an aromatic ring is 1. The maximum Gasteiger partial charge on any atom is 0.0630 e. The fourth-order valence-electron chi connectivity index (χ4n) is 1.36. The van der Waals surface area contributed by atoms with Gasteiger partial charge in [-0.3, -0.25) is 9.97 Å². The van der Waals surface area contributed by atoms with Crippen LogP contribution in [0.2, 0.25) is 0 Å². The summed E-state index contributed by atoms with van der Waals surface area (Å²) in [6, 6.07) is 7.82. The van der Waals surface area contributed by atoms with Gasteiger partial charge in [-0.25, -0.2) is 0 Å². The molecule has 3 nitrogen and oxygen atoms in total. The van der Waals surface area contributed by atoms with E-state index in [1.807, 2.05) is 37.4 Å². The zero-order valence-electron chi connectivity index (χ0n) is 8.64. The molecule has 0 fully saturated rings. The van der Waals surface area contributed by atoms with Crippen LogP contribution >= 0.6 is 0 Å². The molecule has 0 bridgehead atoms. The van der Waals surface area contributed by atoms with Gasteiger partial charge in [-0.1, -0.05) is 12.1 Å². The summed E-state index contributed by atoms with van der Waals surface area (Å²) < 4.78 is 0. The fraction of sp³-hybridized carbons (Fsp3) is 0.167. The van der Waals surface area contributed by atoms with Gasteiger partial charge in [0.1, 0.15) is 0 Å². The zero-order chi connectivity index (χ0) is 10.7. The van der Waals surface area contributed by atoms with E-state index in [0.717, 1.165) is 23.5 Å². The molecule has 0 aliphatic carbocycles. The Morgan fingerprint density at radius 2 is 1.80 bits per heavy atom. The lowest BCUT2D eigenvalue weighted by Gasteiger charge is -2.01. The van der Waals surface area contributed by atoms with E-state index in [4.69, 9.17) is 5.73 Å². The first kappa shape index (κ1) is 9.65. The molecule has 0 saturated carbocycles. The normalized spacial score (nSPS) is 10.2. The lowest BCUT2D eigenvalue weighted by Crippen LogP contribution is -1.94. The molecule has 0 spiro atoms. The molecule has 0 aliphatic heterocycles. The second kappa shape index (κ2) is 4.09. The lowest BCUT2D eigenvalue weighted by atomic mass is 10.1. The minimum absolute atomic E-state index is 0.786. The number of nitrogens with two attached hydrogens (primary N) is 1. The molecule has 1 aromatic heterocycles. The predicted molar refractivity (Wildman–Crippen MR) is 60.4 cm³/mol. The number of aromatic nitrogens is 2. The molecule has 0 atom stereocenters. The lowest BCUT2D eigenvalue weighted by molar-refractivity contribution is 1.00. The molecule has 3 heteroatoms. The van der Waals surface area contributed by atoms with Gasteiger partial charge < -0.3 is 5.73 Å². The van der Waals surface area contributed by atoms with Gasteiger partial charge in [-0.2, -0.15) is 0 Å². The molecule has 0 amide bonds. The third-order valence-electron chi connectivity index (χ3n) is 2.20. The Morgan fingerprint density at radius 3 is 2.40 bits per heavy atom. The van der Waals surface area contributed by atoms with Crippen molar-refractivity contribution in [2.75, 3.05) is 5.73 Å². The number of rotatable bonds is 2. The molecule has 0 radical (unpaired) electrons. The molecule has 0 unspecified atom stereocenters. The third-order valence-corrected chi connectivity index (χ3v) is 2.20. The van der Waals surface area contributed by atoms with Crippen LogP contribution in [0.25, 0.3) is 0 Å². The number of anilines is 1. The first-order valence-electron chi connectivity index (χ1n) is 4.86. The van der Waals surface area contributed by atoms with Gasteiger partial charge >= 0.3 is 0 Å². The van der Waals surface area contributed by atoms with Gasteiger partial charge in [0.15, 0.2) is 0 Å². The molecule has 2 rings (SSSR count). The fourth-order valence-corrected chi connectivity index (χ4v) is 1.36.